The molecule has 26 heavy (non-hydrogen) atoms. The first kappa shape index (κ1) is 17.9. The number of methoxy groups -OCH3 is 1. The minimum atomic E-state index is -0.478. The van der Waals surface area contributed by atoms with E-state index < -0.39 is 12.0 Å². The summed E-state index contributed by atoms with van der Waals surface area (Å²) in [6, 6.07) is 16.7. The van der Waals surface area contributed by atoms with Crippen LogP contribution in [-0.4, -0.2) is 24.8 Å². The van der Waals surface area contributed by atoms with E-state index in [0.717, 1.165) is 11.1 Å². The predicted molar refractivity (Wildman–Crippen MR) is 105 cm³/mol. The molecule has 134 valence electrons. The lowest BCUT2D eigenvalue weighted by molar-refractivity contribution is -0.138. The van der Waals surface area contributed by atoms with E-state index in [4.69, 9.17) is 21.7 Å². The number of esters is 1. The third-order valence-electron chi connectivity index (χ3n) is 4.08. The highest BCUT2D eigenvalue weighted by Crippen LogP contribution is 2.36. The number of thiocarbonyl (C=S) groups is 1. The van der Waals surface area contributed by atoms with Gasteiger partial charge in [-0.2, -0.15) is 0 Å². The van der Waals surface area contributed by atoms with Crippen LogP contribution in [0.25, 0.3) is 5.70 Å². The van der Waals surface area contributed by atoms with E-state index in [0.29, 0.717) is 22.1 Å². The molecule has 0 spiro atoms. The Bertz CT molecular complexity index is 849. The molecule has 5 nitrogen and oxygen atoms in total. The summed E-state index contributed by atoms with van der Waals surface area (Å²) in [6.07, 6.45) is 0. The molecule has 1 heterocycles. The van der Waals surface area contributed by atoms with Gasteiger partial charge in [0.05, 0.1) is 31.0 Å². The van der Waals surface area contributed by atoms with Gasteiger partial charge in [0.25, 0.3) is 0 Å². The molecule has 1 aliphatic heterocycles. The normalized spacial score (nSPS) is 16.5. The minimum absolute atomic E-state index is 0.285. The van der Waals surface area contributed by atoms with Gasteiger partial charge in [-0.15, -0.1) is 0 Å². The van der Waals surface area contributed by atoms with Crippen molar-refractivity contribution < 1.29 is 14.3 Å². The number of benzene rings is 2. The average molecular weight is 368 g/mol. The molecule has 0 radical (unpaired) electrons. The minimum Gasteiger partial charge on any atom is -0.496 e. The number of carbonyl (C=O) groups is 1. The first-order valence-electron chi connectivity index (χ1n) is 8.32. The summed E-state index contributed by atoms with van der Waals surface area (Å²) >= 11 is 5.39. The SMILES string of the molecule is CCOC(=O)C1=C(c2ccccc2)NC(=S)N[C@H]1c1ccccc1OC. The zero-order chi connectivity index (χ0) is 18.5. The van der Waals surface area contributed by atoms with Crippen LogP contribution < -0.4 is 15.4 Å². The summed E-state index contributed by atoms with van der Waals surface area (Å²) in [5.41, 5.74) is 2.79. The van der Waals surface area contributed by atoms with Crippen molar-refractivity contribution in [3.8, 4) is 5.75 Å². The Hall–Kier alpha value is -2.86. The highest BCUT2D eigenvalue weighted by atomic mass is 32.1. The number of carbonyl (C=O) groups excluding carboxylic acids is 1. The van der Waals surface area contributed by atoms with Crippen LogP contribution in [0.4, 0.5) is 0 Å². The molecule has 6 heteroatoms. The molecule has 0 bridgehead atoms. The van der Waals surface area contributed by atoms with E-state index in [9.17, 15) is 4.79 Å². The number of nitrogens with one attached hydrogen (secondary N) is 2. The number of rotatable bonds is 5. The van der Waals surface area contributed by atoms with Gasteiger partial charge in [-0.3, -0.25) is 0 Å². The molecular weight excluding hydrogens is 348 g/mol. The van der Waals surface area contributed by atoms with Crippen LogP contribution in [0.3, 0.4) is 0 Å². The zero-order valence-electron chi connectivity index (χ0n) is 14.6. The molecule has 2 aromatic rings. The third-order valence-corrected chi connectivity index (χ3v) is 4.30. The molecule has 1 aliphatic rings. The van der Waals surface area contributed by atoms with E-state index >= 15 is 0 Å². The summed E-state index contributed by atoms with van der Waals surface area (Å²) in [6.45, 7) is 2.07. The highest BCUT2D eigenvalue weighted by molar-refractivity contribution is 7.80. The van der Waals surface area contributed by atoms with Crippen LogP contribution in [0.1, 0.15) is 24.1 Å². The maximum Gasteiger partial charge on any atom is 0.338 e. The van der Waals surface area contributed by atoms with Crippen molar-refractivity contribution in [2.24, 2.45) is 0 Å². The Labute approximate surface area is 158 Å². The number of hydrogen-bond donors (Lipinski definition) is 2. The third kappa shape index (κ3) is 3.55. The van der Waals surface area contributed by atoms with Crippen molar-refractivity contribution in [2.75, 3.05) is 13.7 Å². The molecule has 0 saturated heterocycles. The summed E-state index contributed by atoms with van der Waals surface area (Å²) < 4.78 is 10.8. The fourth-order valence-electron chi connectivity index (χ4n) is 2.96. The predicted octanol–water partition coefficient (Wildman–Crippen LogP) is 3.19. The highest BCUT2D eigenvalue weighted by Gasteiger charge is 2.34. The number of para-hydroxylation sites is 1. The quantitative estimate of drug-likeness (QED) is 0.624. The first-order valence-corrected chi connectivity index (χ1v) is 8.73. The molecule has 3 rings (SSSR count). The summed E-state index contributed by atoms with van der Waals surface area (Å²) in [5, 5.41) is 6.73. The Kier molecular flexibility index (Phi) is 5.53. The van der Waals surface area contributed by atoms with Crippen LogP contribution in [-0.2, 0) is 9.53 Å². The lowest BCUT2D eigenvalue weighted by atomic mass is 9.92. The van der Waals surface area contributed by atoms with E-state index in [2.05, 4.69) is 10.6 Å². The maximum absolute atomic E-state index is 12.8. The Balaban J connectivity index is 2.21. The van der Waals surface area contributed by atoms with Crippen molar-refractivity contribution >= 4 is 29.0 Å². The molecule has 0 amide bonds. The topological polar surface area (TPSA) is 59.6 Å². The van der Waals surface area contributed by atoms with Gasteiger partial charge in [0.2, 0.25) is 0 Å². The molecule has 2 N–H and O–H groups in total. The van der Waals surface area contributed by atoms with Gasteiger partial charge in [0, 0.05) is 5.56 Å². The van der Waals surface area contributed by atoms with Crippen LogP contribution in [0.2, 0.25) is 0 Å². The average Bonchev–Trinajstić information content (AvgIpc) is 2.68. The van der Waals surface area contributed by atoms with Crippen LogP contribution in [0.5, 0.6) is 5.75 Å². The second-order valence-electron chi connectivity index (χ2n) is 5.65. The lowest BCUT2D eigenvalue weighted by Crippen LogP contribution is -2.45. The van der Waals surface area contributed by atoms with Crippen LogP contribution in [0.15, 0.2) is 60.2 Å². The fraction of sp³-hybridized carbons (Fsp3) is 0.200. The van der Waals surface area contributed by atoms with Crippen molar-refractivity contribution in [1.29, 1.82) is 0 Å². The monoisotopic (exact) mass is 368 g/mol. The van der Waals surface area contributed by atoms with E-state index in [1.54, 1.807) is 14.0 Å². The Morgan fingerprint density at radius 2 is 1.81 bits per heavy atom. The van der Waals surface area contributed by atoms with Gasteiger partial charge in [-0.1, -0.05) is 48.5 Å². The van der Waals surface area contributed by atoms with E-state index in [1.807, 2.05) is 54.6 Å². The van der Waals surface area contributed by atoms with Crippen molar-refractivity contribution in [3.63, 3.8) is 0 Å². The molecule has 0 saturated carbocycles. The molecular formula is C20H20N2O3S. The van der Waals surface area contributed by atoms with Crippen molar-refractivity contribution in [3.05, 3.63) is 71.3 Å². The van der Waals surface area contributed by atoms with Gasteiger partial charge < -0.3 is 20.1 Å². The van der Waals surface area contributed by atoms with Crippen molar-refractivity contribution in [1.82, 2.24) is 10.6 Å². The smallest absolute Gasteiger partial charge is 0.338 e. The molecule has 0 fully saturated rings. The van der Waals surface area contributed by atoms with Gasteiger partial charge >= 0.3 is 5.97 Å². The molecule has 0 unspecified atom stereocenters. The van der Waals surface area contributed by atoms with Crippen molar-refractivity contribution in [2.45, 2.75) is 13.0 Å². The Morgan fingerprint density at radius 3 is 2.50 bits per heavy atom. The Morgan fingerprint density at radius 1 is 1.12 bits per heavy atom. The summed E-state index contributed by atoms with van der Waals surface area (Å²) in [5.74, 6) is 0.272. The number of ether oxygens (including phenoxy) is 2. The van der Waals surface area contributed by atoms with Gasteiger partial charge in [-0.25, -0.2) is 4.79 Å². The standard InChI is InChI=1S/C20H20N2O3S/c1-3-25-19(23)16-17(13-9-5-4-6-10-13)21-20(26)22-18(16)14-11-7-8-12-15(14)24-2/h4-12,18H,3H2,1-2H3,(H2,21,22,26)/t18-/m0/s1. The largest absolute Gasteiger partial charge is 0.496 e. The molecule has 2 aromatic carbocycles. The fourth-order valence-corrected chi connectivity index (χ4v) is 3.18. The van der Waals surface area contributed by atoms with E-state index in [-0.39, 0.29) is 6.61 Å². The molecule has 1 atom stereocenters. The maximum atomic E-state index is 12.8. The van der Waals surface area contributed by atoms with Gasteiger partial charge in [0.15, 0.2) is 5.11 Å². The van der Waals surface area contributed by atoms with Crippen LogP contribution >= 0.6 is 12.2 Å². The second-order valence-corrected chi connectivity index (χ2v) is 6.06. The zero-order valence-corrected chi connectivity index (χ0v) is 15.4. The first-order chi connectivity index (χ1) is 12.7. The van der Waals surface area contributed by atoms with E-state index in [1.165, 1.54) is 0 Å². The van der Waals surface area contributed by atoms with Gasteiger partial charge in [-0.05, 0) is 30.8 Å². The van der Waals surface area contributed by atoms with Crippen LogP contribution in [0, 0.1) is 0 Å². The molecule has 0 aliphatic carbocycles. The summed E-state index contributed by atoms with van der Waals surface area (Å²) in [7, 11) is 1.60. The van der Waals surface area contributed by atoms with Gasteiger partial charge in [0.1, 0.15) is 5.75 Å². The lowest BCUT2D eigenvalue weighted by Gasteiger charge is -2.31. The summed E-state index contributed by atoms with van der Waals surface area (Å²) in [4.78, 5) is 12.8. The second kappa shape index (κ2) is 8.01. The number of hydrogen-bond acceptors (Lipinski definition) is 4. The molecule has 0 aromatic heterocycles.